The second-order valence-electron chi connectivity index (χ2n) is 7.84. The number of allylic oxidation sites excluding steroid dienone is 2. The molecule has 0 aromatic carbocycles. The van der Waals surface area contributed by atoms with Crippen LogP contribution in [0.2, 0.25) is 0 Å². The lowest BCUT2D eigenvalue weighted by molar-refractivity contribution is -0.119. The molecule has 2 saturated heterocycles. The van der Waals surface area contributed by atoms with Crippen LogP contribution in [0.5, 0.6) is 0 Å². The summed E-state index contributed by atoms with van der Waals surface area (Å²) in [4.78, 5) is 22.5. The monoisotopic (exact) mass is 395 g/mol. The van der Waals surface area contributed by atoms with Crippen molar-refractivity contribution in [1.29, 1.82) is 0 Å². The van der Waals surface area contributed by atoms with Crippen LogP contribution in [0.25, 0.3) is 0 Å². The number of carbonyl (C=O) groups is 2. The third-order valence-electron chi connectivity index (χ3n) is 5.41. The lowest BCUT2D eigenvalue weighted by Gasteiger charge is -2.03. The second kappa shape index (κ2) is 13.4. The van der Waals surface area contributed by atoms with E-state index in [-0.39, 0.29) is 16.4 Å². The molecule has 27 heavy (non-hydrogen) atoms. The van der Waals surface area contributed by atoms with Crippen LogP contribution in [0.3, 0.4) is 0 Å². The van der Waals surface area contributed by atoms with E-state index in [0.29, 0.717) is 12.2 Å². The number of amides is 2. The van der Waals surface area contributed by atoms with Crippen LogP contribution >= 0.6 is 11.8 Å². The molecule has 0 bridgehead atoms. The number of hydrogen-bond acceptors (Lipinski definition) is 4. The summed E-state index contributed by atoms with van der Waals surface area (Å²) >= 11 is 1.14. The van der Waals surface area contributed by atoms with Crippen LogP contribution in [-0.2, 0) is 9.53 Å². The van der Waals surface area contributed by atoms with Crippen molar-refractivity contribution in [2.75, 3.05) is 0 Å². The molecule has 2 fully saturated rings. The quantitative estimate of drug-likeness (QED) is 0.194. The van der Waals surface area contributed by atoms with E-state index >= 15 is 0 Å². The van der Waals surface area contributed by atoms with Crippen LogP contribution in [0.1, 0.15) is 96.8 Å². The Morgan fingerprint density at radius 1 is 0.852 bits per heavy atom. The van der Waals surface area contributed by atoms with Crippen LogP contribution < -0.4 is 5.32 Å². The first kappa shape index (κ1) is 22.5. The number of hydrogen-bond donors (Lipinski definition) is 1. The van der Waals surface area contributed by atoms with E-state index in [9.17, 15) is 9.59 Å². The van der Waals surface area contributed by atoms with Gasteiger partial charge in [0.15, 0.2) is 0 Å². The molecule has 2 heterocycles. The first-order chi connectivity index (χ1) is 13.2. The molecule has 0 aliphatic carbocycles. The average Bonchev–Trinajstić information content (AvgIpc) is 3.32. The summed E-state index contributed by atoms with van der Waals surface area (Å²) in [7, 11) is 0. The standard InChI is InChI=1S/C22H37NO3S/c1-2-3-4-12-15-18-19(26-18)16-13-10-8-6-5-7-9-11-14-17-20-21(24)23-22(25)27-20/h5-6,18-20H,2-4,7-17H2,1H3,(H,23,24,25)/b6-5-/t18?,19-,20?/m0/s1. The van der Waals surface area contributed by atoms with Crippen molar-refractivity contribution in [1.82, 2.24) is 5.32 Å². The van der Waals surface area contributed by atoms with Crippen molar-refractivity contribution in [3.63, 3.8) is 0 Å². The van der Waals surface area contributed by atoms with E-state index in [2.05, 4.69) is 24.4 Å². The van der Waals surface area contributed by atoms with Gasteiger partial charge in [0.05, 0.1) is 17.5 Å². The summed E-state index contributed by atoms with van der Waals surface area (Å²) in [6, 6.07) is 0. The molecular formula is C22H37NO3S. The molecule has 154 valence electrons. The molecule has 2 aliphatic rings. The van der Waals surface area contributed by atoms with Crippen molar-refractivity contribution in [3.05, 3.63) is 12.2 Å². The molecule has 1 N–H and O–H groups in total. The summed E-state index contributed by atoms with van der Waals surface area (Å²) in [5.74, 6) is -0.107. The van der Waals surface area contributed by atoms with Gasteiger partial charge in [0, 0.05) is 0 Å². The molecule has 2 unspecified atom stereocenters. The fraction of sp³-hybridized carbons (Fsp3) is 0.818. The Morgan fingerprint density at radius 2 is 1.44 bits per heavy atom. The lowest BCUT2D eigenvalue weighted by atomic mass is 10.1. The number of nitrogens with one attached hydrogen (secondary N) is 1. The Balaban J connectivity index is 1.32. The van der Waals surface area contributed by atoms with Gasteiger partial charge in [0.1, 0.15) is 0 Å². The Morgan fingerprint density at radius 3 is 2.07 bits per heavy atom. The minimum absolute atomic E-state index is 0.107. The highest BCUT2D eigenvalue weighted by Crippen LogP contribution is 2.31. The number of unbranched alkanes of at least 4 members (excludes halogenated alkanes) is 8. The molecule has 0 radical (unpaired) electrons. The Labute approximate surface area is 169 Å². The molecule has 2 aliphatic heterocycles. The Kier molecular flexibility index (Phi) is 11.1. The topological polar surface area (TPSA) is 58.7 Å². The molecule has 2 rings (SSSR count). The van der Waals surface area contributed by atoms with Gasteiger partial charge in [-0.05, 0) is 44.9 Å². The van der Waals surface area contributed by atoms with E-state index in [1.54, 1.807) is 0 Å². The number of rotatable bonds is 16. The van der Waals surface area contributed by atoms with Crippen molar-refractivity contribution in [2.45, 2.75) is 114 Å². The summed E-state index contributed by atoms with van der Waals surface area (Å²) in [5.41, 5.74) is 0. The predicted octanol–water partition coefficient (Wildman–Crippen LogP) is 6.14. The van der Waals surface area contributed by atoms with Gasteiger partial charge in [-0.1, -0.05) is 75.8 Å². The van der Waals surface area contributed by atoms with Gasteiger partial charge < -0.3 is 4.74 Å². The van der Waals surface area contributed by atoms with Gasteiger partial charge in [0.25, 0.3) is 5.24 Å². The average molecular weight is 396 g/mol. The van der Waals surface area contributed by atoms with Gasteiger partial charge >= 0.3 is 0 Å². The van der Waals surface area contributed by atoms with E-state index < -0.39 is 0 Å². The summed E-state index contributed by atoms with van der Waals surface area (Å²) < 4.78 is 5.77. The van der Waals surface area contributed by atoms with Crippen LogP contribution in [0.15, 0.2) is 12.2 Å². The molecule has 4 nitrogen and oxygen atoms in total. The molecule has 0 aromatic rings. The van der Waals surface area contributed by atoms with Crippen molar-refractivity contribution in [2.24, 2.45) is 0 Å². The van der Waals surface area contributed by atoms with Gasteiger partial charge in [-0.2, -0.15) is 0 Å². The third-order valence-corrected chi connectivity index (χ3v) is 6.46. The largest absolute Gasteiger partial charge is 0.370 e. The fourth-order valence-electron chi connectivity index (χ4n) is 3.65. The summed E-state index contributed by atoms with van der Waals surface area (Å²) in [5, 5.41) is 2.00. The zero-order valence-electron chi connectivity index (χ0n) is 16.9. The van der Waals surface area contributed by atoms with Crippen molar-refractivity contribution < 1.29 is 14.3 Å². The molecule has 2 amide bonds. The van der Waals surface area contributed by atoms with Crippen LogP contribution in [-0.4, -0.2) is 28.6 Å². The maximum atomic E-state index is 11.4. The first-order valence-corrected chi connectivity index (χ1v) is 11.9. The minimum Gasteiger partial charge on any atom is -0.370 e. The van der Waals surface area contributed by atoms with Gasteiger partial charge in [-0.15, -0.1) is 0 Å². The van der Waals surface area contributed by atoms with Gasteiger partial charge in [-0.25, -0.2) is 0 Å². The SMILES string of the molecule is CCCCCCC1O[C@H]1CCCC/C=C\CCCCCC1SC(=O)NC1=O. The summed E-state index contributed by atoms with van der Waals surface area (Å²) in [6.45, 7) is 2.26. The number of ether oxygens (including phenoxy) is 1. The molecule has 0 aromatic heterocycles. The highest BCUT2D eigenvalue weighted by molar-refractivity contribution is 8.15. The van der Waals surface area contributed by atoms with Gasteiger partial charge in [0.2, 0.25) is 5.91 Å². The van der Waals surface area contributed by atoms with Crippen molar-refractivity contribution in [3.8, 4) is 0 Å². The minimum atomic E-state index is -0.191. The third kappa shape index (κ3) is 9.79. The highest BCUT2D eigenvalue weighted by atomic mass is 32.2. The van der Waals surface area contributed by atoms with Crippen LogP contribution in [0.4, 0.5) is 4.79 Å². The fourth-order valence-corrected chi connectivity index (χ4v) is 4.52. The molecule has 3 atom stereocenters. The lowest BCUT2D eigenvalue weighted by Crippen LogP contribution is -2.23. The van der Waals surface area contributed by atoms with E-state index in [1.165, 1.54) is 64.2 Å². The number of epoxide rings is 1. The van der Waals surface area contributed by atoms with Gasteiger partial charge in [-0.3, -0.25) is 14.9 Å². The van der Waals surface area contributed by atoms with Crippen LogP contribution in [0, 0.1) is 0 Å². The first-order valence-electron chi connectivity index (χ1n) is 11.0. The Bertz CT molecular complexity index is 480. The highest BCUT2D eigenvalue weighted by Gasteiger charge is 2.36. The summed E-state index contributed by atoms with van der Waals surface area (Å²) in [6.07, 6.45) is 22.6. The molecular weight excluding hydrogens is 358 g/mol. The van der Waals surface area contributed by atoms with Crippen molar-refractivity contribution >= 4 is 22.9 Å². The molecule has 0 spiro atoms. The normalized spacial score (nSPS) is 24.7. The predicted molar refractivity (Wildman–Crippen MR) is 113 cm³/mol. The zero-order chi connectivity index (χ0) is 19.3. The van der Waals surface area contributed by atoms with E-state index in [1.807, 2.05) is 0 Å². The number of imide groups is 1. The Hall–Kier alpha value is -0.810. The number of thioether (sulfide) groups is 1. The zero-order valence-corrected chi connectivity index (χ0v) is 17.7. The second-order valence-corrected chi connectivity index (χ2v) is 9.01. The molecule has 0 saturated carbocycles. The smallest absolute Gasteiger partial charge is 0.286 e. The molecule has 5 heteroatoms. The van der Waals surface area contributed by atoms with E-state index in [4.69, 9.17) is 4.74 Å². The van der Waals surface area contributed by atoms with E-state index in [0.717, 1.165) is 37.4 Å². The maximum Gasteiger partial charge on any atom is 0.286 e. The number of carbonyl (C=O) groups excluding carboxylic acids is 2. The maximum absolute atomic E-state index is 11.4.